The number of morpholine rings is 1. The number of ether oxygens (including phenoxy) is 2. The lowest BCUT2D eigenvalue weighted by Crippen LogP contribution is -2.48. The fraction of sp³-hybridized carbons (Fsp3) is 0.458. The number of methoxy groups -OCH3 is 1. The van der Waals surface area contributed by atoms with Gasteiger partial charge in [0.15, 0.2) is 5.82 Å². The van der Waals surface area contributed by atoms with Gasteiger partial charge >= 0.3 is 6.18 Å². The number of nitrogens with one attached hydrogen (secondary N) is 1. The largest absolute Gasteiger partial charge is 0.416 e. The molecule has 0 amide bonds. The standard InChI is InChI=1S/C24H28F3N5O2/c1-14-19(6-5-7-21(14)24(25,26)27)15(2)29-23-20-10-17(11-28-22(20)16(3)30-31-23)32-8-9-34-13-18(32)12-33-4/h5-7,10-11,15,18H,8-9,12-13H2,1-4H3,(H,29,31)/t15-,18-/m1/s1. The summed E-state index contributed by atoms with van der Waals surface area (Å²) in [5, 5.41) is 12.6. The smallest absolute Gasteiger partial charge is 0.382 e. The molecule has 7 nitrogen and oxygen atoms in total. The number of alkyl halides is 3. The van der Waals surface area contributed by atoms with Crippen LogP contribution in [0.1, 0.15) is 35.3 Å². The maximum absolute atomic E-state index is 13.4. The predicted molar refractivity (Wildman–Crippen MR) is 124 cm³/mol. The molecule has 0 unspecified atom stereocenters. The lowest BCUT2D eigenvalue weighted by Gasteiger charge is -2.36. The highest BCUT2D eigenvalue weighted by Gasteiger charge is 2.33. The first kappa shape index (κ1) is 24.2. The summed E-state index contributed by atoms with van der Waals surface area (Å²) in [6.07, 6.45) is -2.61. The molecule has 2 atom stereocenters. The molecule has 1 saturated heterocycles. The average molecular weight is 476 g/mol. The molecule has 10 heteroatoms. The van der Waals surface area contributed by atoms with Crippen molar-refractivity contribution in [3.05, 3.63) is 52.8 Å². The van der Waals surface area contributed by atoms with Gasteiger partial charge in [-0.05, 0) is 44.0 Å². The van der Waals surface area contributed by atoms with Crippen LogP contribution in [0.5, 0.6) is 0 Å². The van der Waals surface area contributed by atoms with Crippen LogP contribution < -0.4 is 10.2 Å². The minimum absolute atomic E-state index is 0.0528. The van der Waals surface area contributed by atoms with Gasteiger partial charge in [0.05, 0.1) is 60.6 Å². The van der Waals surface area contributed by atoms with Crippen molar-refractivity contribution in [1.82, 2.24) is 15.2 Å². The molecule has 0 saturated carbocycles. The quantitative estimate of drug-likeness (QED) is 0.555. The van der Waals surface area contributed by atoms with Crippen molar-refractivity contribution < 1.29 is 22.6 Å². The molecule has 34 heavy (non-hydrogen) atoms. The molecule has 3 aromatic rings. The zero-order valence-corrected chi connectivity index (χ0v) is 19.6. The van der Waals surface area contributed by atoms with Crippen molar-refractivity contribution in [3.8, 4) is 0 Å². The van der Waals surface area contributed by atoms with Crippen LogP contribution in [0, 0.1) is 13.8 Å². The van der Waals surface area contributed by atoms with Gasteiger partial charge < -0.3 is 19.7 Å². The Labute approximate surface area is 196 Å². The summed E-state index contributed by atoms with van der Waals surface area (Å²) in [4.78, 5) is 6.83. The van der Waals surface area contributed by atoms with Gasteiger partial charge in [-0.25, -0.2) is 0 Å². The molecular formula is C24H28F3N5O2. The third-order valence-corrected chi connectivity index (χ3v) is 6.19. The second-order valence-electron chi connectivity index (χ2n) is 8.48. The van der Waals surface area contributed by atoms with Crippen molar-refractivity contribution in [2.24, 2.45) is 0 Å². The van der Waals surface area contributed by atoms with Crippen molar-refractivity contribution in [1.29, 1.82) is 0 Å². The topological polar surface area (TPSA) is 72.4 Å². The molecule has 2 aromatic heterocycles. The Hall–Kier alpha value is -2.98. The number of nitrogens with zero attached hydrogens (tertiary/aromatic N) is 4. The Bertz CT molecular complexity index is 1170. The molecule has 0 spiro atoms. The molecule has 4 rings (SSSR count). The van der Waals surface area contributed by atoms with E-state index in [9.17, 15) is 13.2 Å². The zero-order valence-electron chi connectivity index (χ0n) is 19.6. The highest BCUT2D eigenvalue weighted by Crippen LogP contribution is 2.36. The number of pyridine rings is 1. The first-order valence-corrected chi connectivity index (χ1v) is 11.1. The van der Waals surface area contributed by atoms with E-state index in [0.717, 1.165) is 17.1 Å². The van der Waals surface area contributed by atoms with Crippen LogP contribution in [0.25, 0.3) is 10.9 Å². The van der Waals surface area contributed by atoms with Gasteiger partial charge in [-0.1, -0.05) is 12.1 Å². The number of rotatable bonds is 6. The number of aryl methyl sites for hydroxylation is 1. The van der Waals surface area contributed by atoms with Gasteiger partial charge in [0.25, 0.3) is 0 Å². The number of hydrogen-bond donors (Lipinski definition) is 1. The van der Waals surface area contributed by atoms with Crippen LogP contribution in [0.4, 0.5) is 24.7 Å². The van der Waals surface area contributed by atoms with Crippen molar-refractivity contribution in [2.75, 3.05) is 43.7 Å². The summed E-state index contributed by atoms with van der Waals surface area (Å²) in [7, 11) is 1.66. The van der Waals surface area contributed by atoms with Crippen molar-refractivity contribution in [2.45, 2.75) is 39.0 Å². The van der Waals surface area contributed by atoms with E-state index in [4.69, 9.17) is 9.47 Å². The van der Waals surface area contributed by atoms with Gasteiger partial charge in [-0.2, -0.15) is 18.3 Å². The predicted octanol–water partition coefficient (Wildman–Crippen LogP) is 4.69. The first-order valence-electron chi connectivity index (χ1n) is 11.1. The maximum Gasteiger partial charge on any atom is 0.416 e. The van der Waals surface area contributed by atoms with E-state index in [0.29, 0.717) is 49.0 Å². The summed E-state index contributed by atoms with van der Waals surface area (Å²) in [5.41, 5.74) is 2.35. The normalized spacial score (nSPS) is 17.7. The van der Waals surface area contributed by atoms with Gasteiger partial charge in [-0.15, -0.1) is 5.10 Å². The second-order valence-corrected chi connectivity index (χ2v) is 8.48. The molecule has 0 bridgehead atoms. The monoisotopic (exact) mass is 475 g/mol. The van der Waals surface area contributed by atoms with Crippen LogP contribution in [0.2, 0.25) is 0 Å². The lowest BCUT2D eigenvalue weighted by molar-refractivity contribution is -0.138. The highest BCUT2D eigenvalue weighted by molar-refractivity contribution is 5.92. The molecule has 1 aromatic carbocycles. The molecule has 1 N–H and O–H groups in total. The van der Waals surface area contributed by atoms with Crippen LogP contribution >= 0.6 is 0 Å². The Morgan fingerprint density at radius 2 is 2.06 bits per heavy atom. The van der Waals surface area contributed by atoms with E-state index in [-0.39, 0.29) is 11.6 Å². The van der Waals surface area contributed by atoms with Crippen LogP contribution in [0.3, 0.4) is 0 Å². The first-order chi connectivity index (χ1) is 16.2. The number of aromatic nitrogens is 3. The Balaban J connectivity index is 1.71. The zero-order chi connectivity index (χ0) is 24.5. The summed E-state index contributed by atoms with van der Waals surface area (Å²) in [6, 6.07) is 5.83. The highest BCUT2D eigenvalue weighted by atomic mass is 19.4. The fourth-order valence-corrected chi connectivity index (χ4v) is 4.45. The molecular weight excluding hydrogens is 447 g/mol. The Kier molecular flexibility index (Phi) is 6.90. The minimum atomic E-state index is -4.41. The number of fused-ring (bicyclic) bond motifs is 1. The molecule has 1 fully saturated rings. The van der Waals surface area contributed by atoms with Crippen LogP contribution in [-0.2, 0) is 15.7 Å². The molecule has 182 valence electrons. The van der Waals surface area contributed by atoms with Crippen molar-refractivity contribution in [3.63, 3.8) is 0 Å². The minimum Gasteiger partial charge on any atom is -0.382 e. The van der Waals surface area contributed by atoms with E-state index < -0.39 is 17.8 Å². The van der Waals surface area contributed by atoms with E-state index in [1.54, 1.807) is 19.4 Å². The fourth-order valence-electron chi connectivity index (χ4n) is 4.45. The maximum atomic E-state index is 13.4. The summed E-state index contributed by atoms with van der Waals surface area (Å²) >= 11 is 0. The van der Waals surface area contributed by atoms with E-state index >= 15 is 0 Å². The van der Waals surface area contributed by atoms with Crippen molar-refractivity contribution >= 4 is 22.4 Å². The van der Waals surface area contributed by atoms with Crippen LogP contribution in [-0.4, -0.2) is 54.7 Å². The van der Waals surface area contributed by atoms with Gasteiger partial charge in [0, 0.05) is 19.0 Å². The Morgan fingerprint density at radius 1 is 1.26 bits per heavy atom. The Morgan fingerprint density at radius 3 is 2.79 bits per heavy atom. The molecule has 1 aliphatic heterocycles. The van der Waals surface area contributed by atoms with E-state index in [1.165, 1.54) is 13.0 Å². The van der Waals surface area contributed by atoms with Gasteiger partial charge in [-0.3, -0.25) is 4.98 Å². The summed E-state index contributed by atoms with van der Waals surface area (Å²) in [5.74, 6) is 0.468. The van der Waals surface area contributed by atoms with Gasteiger partial charge in [0.2, 0.25) is 0 Å². The number of benzene rings is 1. The third kappa shape index (κ3) is 4.78. The number of halogens is 3. The number of anilines is 2. The average Bonchev–Trinajstić information content (AvgIpc) is 2.80. The lowest BCUT2D eigenvalue weighted by atomic mass is 9.97. The molecule has 1 aliphatic rings. The summed E-state index contributed by atoms with van der Waals surface area (Å²) in [6.45, 7) is 7.49. The molecule has 0 radical (unpaired) electrons. The molecule has 3 heterocycles. The van der Waals surface area contributed by atoms with E-state index in [2.05, 4.69) is 25.4 Å². The third-order valence-electron chi connectivity index (χ3n) is 6.19. The van der Waals surface area contributed by atoms with Crippen LogP contribution in [0.15, 0.2) is 30.5 Å². The second kappa shape index (κ2) is 9.71. The van der Waals surface area contributed by atoms with E-state index in [1.807, 2.05) is 19.9 Å². The SMILES string of the molecule is COC[C@@H]1COCCN1c1cnc2c(C)nnc(N[C@H](C)c3cccc(C(F)(F)F)c3C)c2c1. The summed E-state index contributed by atoms with van der Waals surface area (Å²) < 4.78 is 51.2. The number of hydrogen-bond acceptors (Lipinski definition) is 7. The molecule has 0 aliphatic carbocycles. The van der Waals surface area contributed by atoms with Gasteiger partial charge in [0.1, 0.15) is 0 Å².